The summed E-state index contributed by atoms with van der Waals surface area (Å²) in [6, 6.07) is 2.32. The predicted molar refractivity (Wildman–Crippen MR) is 91.5 cm³/mol. The highest BCUT2D eigenvalue weighted by Crippen LogP contribution is 2.28. The highest BCUT2D eigenvalue weighted by molar-refractivity contribution is 7.11. The smallest absolute Gasteiger partial charge is 0.251 e. The predicted octanol–water partition coefficient (Wildman–Crippen LogP) is 2.99. The Kier molecular flexibility index (Phi) is 5.84. The third kappa shape index (κ3) is 4.60. The third-order valence-corrected chi connectivity index (χ3v) is 5.06. The summed E-state index contributed by atoms with van der Waals surface area (Å²) in [4.78, 5) is 31.1. The molecule has 0 aliphatic rings. The molecule has 1 heterocycles. The molecule has 0 saturated carbocycles. The van der Waals surface area contributed by atoms with Crippen molar-refractivity contribution in [3.63, 3.8) is 0 Å². The summed E-state index contributed by atoms with van der Waals surface area (Å²) in [7, 11) is 1.63. The summed E-state index contributed by atoms with van der Waals surface area (Å²) < 4.78 is 26.3. The minimum atomic E-state index is -0.849. The fourth-order valence-corrected chi connectivity index (χ4v) is 3.42. The molecule has 5 nitrogen and oxygen atoms in total. The zero-order valence-corrected chi connectivity index (χ0v) is 15.2. The molecule has 1 N–H and O–H groups in total. The topological polar surface area (TPSA) is 62.3 Å². The van der Waals surface area contributed by atoms with Crippen molar-refractivity contribution in [1.29, 1.82) is 0 Å². The van der Waals surface area contributed by atoms with E-state index >= 15 is 0 Å². The van der Waals surface area contributed by atoms with E-state index in [1.54, 1.807) is 7.05 Å². The lowest BCUT2D eigenvalue weighted by Gasteiger charge is -2.24. The third-order valence-electron chi connectivity index (χ3n) is 3.82. The lowest BCUT2D eigenvalue weighted by molar-refractivity contribution is -0.130. The zero-order valence-electron chi connectivity index (χ0n) is 14.4. The summed E-state index contributed by atoms with van der Waals surface area (Å²) in [5.41, 5.74) is 0.698. The van der Waals surface area contributed by atoms with Crippen molar-refractivity contribution in [3.8, 4) is 0 Å². The van der Waals surface area contributed by atoms with Crippen molar-refractivity contribution < 1.29 is 18.4 Å². The first kappa shape index (κ1) is 19.0. The Morgan fingerprint density at radius 1 is 1.24 bits per heavy atom. The lowest BCUT2D eigenvalue weighted by Crippen LogP contribution is -2.39. The van der Waals surface area contributed by atoms with Crippen LogP contribution in [-0.2, 0) is 4.79 Å². The lowest BCUT2D eigenvalue weighted by atomic mass is 10.2. The second-order valence-corrected chi connectivity index (χ2v) is 6.94. The molecule has 0 fully saturated rings. The number of aryl methyl sites for hydroxylation is 2. The first-order chi connectivity index (χ1) is 11.7. The highest BCUT2D eigenvalue weighted by atomic mass is 32.1. The summed E-state index contributed by atoms with van der Waals surface area (Å²) >= 11 is 1.52. The molecule has 0 radical (unpaired) electrons. The van der Waals surface area contributed by atoms with Gasteiger partial charge in [0.15, 0.2) is 0 Å². The van der Waals surface area contributed by atoms with E-state index in [0.717, 1.165) is 27.7 Å². The number of carbonyl (C=O) groups is 2. The van der Waals surface area contributed by atoms with Crippen LogP contribution in [0.1, 0.15) is 38.9 Å². The van der Waals surface area contributed by atoms with E-state index in [2.05, 4.69) is 10.3 Å². The van der Waals surface area contributed by atoms with Crippen LogP contribution >= 0.6 is 11.3 Å². The molecule has 2 rings (SSSR count). The van der Waals surface area contributed by atoms with Crippen LogP contribution in [-0.4, -0.2) is 35.3 Å². The van der Waals surface area contributed by atoms with Gasteiger partial charge >= 0.3 is 0 Å². The number of aromatic nitrogens is 1. The van der Waals surface area contributed by atoms with Crippen molar-refractivity contribution in [1.82, 2.24) is 15.2 Å². The average Bonchev–Trinajstić information content (AvgIpc) is 2.88. The van der Waals surface area contributed by atoms with Gasteiger partial charge in [0.25, 0.3) is 5.91 Å². The Balaban J connectivity index is 1.99. The first-order valence-electron chi connectivity index (χ1n) is 7.63. The van der Waals surface area contributed by atoms with Gasteiger partial charge in [-0.05, 0) is 32.9 Å². The van der Waals surface area contributed by atoms with Crippen LogP contribution in [0.3, 0.4) is 0 Å². The van der Waals surface area contributed by atoms with Gasteiger partial charge in [-0.2, -0.15) is 0 Å². The molecular formula is C17H19F2N3O2S. The van der Waals surface area contributed by atoms with Gasteiger partial charge < -0.3 is 10.2 Å². The van der Waals surface area contributed by atoms with Crippen molar-refractivity contribution in [2.24, 2.45) is 0 Å². The standard InChI is InChI=1S/C17H19F2N3O2S/c1-9-16(25-11(3)21-9)10(2)22(4)15(23)8-20-17(24)12-5-13(18)7-14(19)6-12/h5-7,10H,8H2,1-4H3,(H,20,24)/t10-/m1/s1. The van der Waals surface area contributed by atoms with Crippen LogP contribution < -0.4 is 5.32 Å². The van der Waals surface area contributed by atoms with Gasteiger partial charge in [-0.3, -0.25) is 9.59 Å². The molecule has 0 bridgehead atoms. The van der Waals surface area contributed by atoms with Crippen molar-refractivity contribution >= 4 is 23.2 Å². The van der Waals surface area contributed by atoms with Crippen molar-refractivity contribution in [3.05, 3.63) is 51.0 Å². The number of thiazole rings is 1. The minimum Gasteiger partial charge on any atom is -0.343 e. The summed E-state index contributed by atoms with van der Waals surface area (Å²) in [6.07, 6.45) is 0. The number of rotatable bonds is 5. The van der Waals surface area contributed by atoms with Gasteiger partial charge in [0.2, 0.25) is 5.91 Å². The molecule has 1 atom stereocenters. The Bertz CT molecular complexity index is 787. The summed E-state index contributed by atoms with van der Waals surface area (Å²) in [5, 5.41) is 3.30. The maximum atomic E-state index is 13.1. The molecule has 0 aliphatic carbocycles. The number of halogens is 2. The molecule has 2 amide bonds. The molecule has 2 aromatic rings. The molecular weight excluding hydrogens is 348 g/mol. The molecule has 0 saturated heterocycles. The number of benzene rings is 1. The largest absolute Gasteiger partial charge is 0.343 e. The van der Waals surface area contributed by atoms with E-state index in [4.69, 9.17) is 0 Å². The van der Waals surface area contributed by atoms with Crippen LogP contribution in [0.4, 0.5) is 8.78 Å². The number of likely N-dealkylation sites (N-methyl/N-ethyl adjacent to an activating group) is 1. The van der Waals surface area contributed by atoms with Gasteiger partial charge in [0, 0.05) is 23.6 Å². The zero-order chi connectivity index (χ0) is 18.7. The summed E-state index contributed by atoms with van der Waals surface area (Å²) in [5.74, 6) is -2.72. The fourth-order valence-electron chi connectivity index (χ4n) is 2.39. The number of amides is 2. The fraction of sp³-hybridized carbons (Fsp3) is 0.353. The van der Waals surface area contributed by atoms with Gasteiger partial charge in [-0.1, -0.05) is 0 Å². The number of nitrogens with zero attached hydrogens (tertiary/aromatic N) is 2. The quantitative estimate of drug-likeness (QED) is 0.884. The van der Waals surface area contributed by atoms with Crippen molar-refractivity contribution in [2.45, 2.75) is 26.8 Å². The normalized spacial score (nSPS) is 11.9. The number of carbonyl (C=O) groups excluding carboxylic acids is 2. The van der Waals surface area contributed by atoms with E-state index < -0.39 is 17.5 Å². The van der Waals surface area contributed by atoms with Crippen LogP contribution in [0.2, 0.25) is 0 Å². The highest BCUT2D eigenvalue weighted by Gasteiger charge is 2.22. The molecule has 25 heavy (non-hydrogen) atoms. The number of hydrogen-bond acceptors (Lipinski definition) is 4. The Morgan fingerprint density at radius 3 is 2.36 bits per heavy atom. The Hall–Kier alpha value is -2.35. The average molecular weight is 367 g/mol. The van der Waals surface area contributed by atoms with E-state index in [0.29, 0.717) is 6.07 Å². The molecule has 0 unspecified atom stereocenters. The molecule has 1 aromatic heterocycles. The SMILES string of the molecule is Cc1nc(C)c([C@@H](C)N(C)C(=O)CNC(=O)c2cc(F)cc(F)c2)s1. The molecule has 8 heteroatoms. The molecule has 1 aromatic carbocycles. The van der Waals surface area contributed by atoms with Crippen LogP contribution in [0.15, 0.2) is 18.2 Å². The molecule has 134 valence electrons. The minimum absolute atomic E-state index is 0.171. The van der Waals surface area contributed by atoms with Gasteiger partial charge in [-0.15, -0.1) is 11.3 Å². The second kappa shape index (κ2) is 7.69. The van der Waals surface area contributed by atoms with Crippen molar-refractivity contribution in [2.75, 3.05) is 13.6 Å². The van der Waals surface area contributed by atoms with E-state index in [-0.39, 0.29) is 24.1 Å². The molecule has 0 spiro atoms. The van der Waals surface area contributed by atoms with Gasteiger partial charge in [0.05, 0.1) is 23.3 Å². The van der Waals surface area contributed by atoms with E-state index in [9.17, 15) is 18.4 Å². The Morgan fingerprint density at radius 2 is 1.84 bits per heavy atom. The van der Waals surface area contributed by atoms with E-state index in [1.807, 2.05) is 20.8 Å². The van der Waals surface area contributed by atoms with Gasteiger partial charge in [-0.25, -0.2) is 13.8 Å². The van der Waals surface area contributed by atoms with E-state index in [1.165, 1.54) is 16.2 Å². The van der Waals surface area contributed by atoms with Crippen LogP contribution in [0.5, 0.6) is 0 Å². The maximum absolute atomic E-state index is 13.1. The number of nitrogens with one attached hydrogen (secondary N) is 1. The second-order valence-electron chi connectivity index (χ2n) is 5.70. The van der Waals surface area contributed by atoms with Crippen LogP contribution in [0, 0.1) is 25.5 Å². The van der Waals surface area contributed by atoms with Gasteiger partial charge in [0.1, 0.15) is 11.6 Å². The first-order valence-corrected chi connectivity index (χ1v) is 8.44. The maximum Gasteiger partial charge on any atom is 0.251 e. The van der Waals surface area contributed by atoms with Crippen LogP contribution in [0.25, 0.3) is 0 Å². The monoisotopic (exact) mass is 367 g/mol. The Labute approximate surface area is 148 Å². The molecule has 0 aliphatic heterocycles. The number of hydrogen-bond donors (Lipinski definition) is 1. The summed E-state index contributed by atoms with van der Waals surface area (Å²) in [6.45, 7) is 5.39.